The van der Waals surface area contributed by atoms with Crippen LogP contribution in [0.1, 0.15) is 35.2 Å². The summed E-state index contributed by atoms with van der Waals surface area (Å²) in [5.74, 6) is 0.00300. The lowest BCUT2D eigenvalue weighted by Gasteiger charge is -2.16. The molecule has 0 saturated carbocycles. The topological polar surface area (TPSA) is 46.2 Å². The first kappa shape index (κ1) is 15.7. The van der Waals surface area contributed by atoms with Gasteiger partial charge >= 0.3 is 0 Å². The molecular formula is C17H21NO2S. The maximum Gasteiger partial charge on any atom is 0.216 e. The number of rotatable bonds is 5. The van der Waals surface area contributed by atoms with Crippen LogP contribution in [-0.4, -0.2) is 8.42 Å². The van der Waals surface area contributed by atoms with Crippen LogP contribution in [0.15, 0.2) is 48.5 Å². The van der Waals surface area contributed by atoms with Gasteiger partial charge in [-0.15, -0.1) is 0 Å². The van der Waals surface area contributed by atoms with Crippen LogP contribution in [0.2, 0.25) is 0 Å². The molecule has 0 bridgehead atoms. The van der Waals surface area contributed by atoms with Crippen molar-refractivity contribution in [3.63, 3.8) is 0 Å². The average molecular weight is 303 g/mol. The summed E-state index contributed by atoms with van der Waals surface area (Å²) < 4.78 is 27.2. The van der Waals surface area contributed by atoms with E-state index < -0.39 is 10.0 Å². The molecule has 0 radical (unpaired) electrons. The van der Waals surface area contributed by atoms with Crippen molar-refractivity contribution in [2.24, 2.45) is 0 Å². The van der Waals surface area contributed by atoms with Crippen molar-refractivity contribution in [3.05, 3.63) is 70.8 Å². The summed E-state index contributed by atoms with van der Waals surface area (Å²) in [4.78, 5) is 0. The van der Waals surface area contributed by atoms with Crippen LogP contribution in [0.25, 0.3) is 0 Å². The van der Waals surface area contributed by atoms with Gasteiger partial charge in [-0.1, -0.05) is 48.5 Å². The van der Waals surface area contributed by atoms with Crippen LogP contribution in [0.3, 0.4) is 0 Å². The average Bonchev–Trinajstić information content (AvgIpc) is 2.41. The van der Waals surface area contributed by atoms with Crippen LogP contribution in [0.5, 0.6) is 0 Å². The van der Waals surface area contributed by atoms with Crippen molar-refractivity contribution in [1.82, 2.24) is 4.72 Å². The molecule has 1 atom stereocenters. The Hall–Kier alpha value is -1.65. The molecule has 4 heteroatoms. The largest absolute Gasteiger partial charge is 0.216 e. The first-order chi connectivity index (χ1) is 9.87. The minimum absolute atomic E-state index is 0.00300. The van der Waals surface area contributed by atoms with Crippen molar-refractivity contribution >= 4 is 10.0 Å². The normalized spacial score (nSPS) is 13.1. The van der Waals surface area contributed by atoms with Crippen molar-refractivity contribution in [1.29, 1.82) is 0 Å². The quantitative estimate of drug-likeness (QED) is 0.919. The van der Waals surface area contributed by atoms with Gasteiger partial charge in [0.25, 0.3) is 0 Å². The fourth-order valence-electron chi connectivity index (χ4n) is 2.21. The Morgan fingerprint density at radius 2 is 1.67 bits per heavy atom. The second-order valence-corrected chi connectivity index (χ2v) is 7.18. The third kappa shape index (κ3) is 4.41. The Bertz CT molecular complexity index is 709. The zero-order valence-corrected chi connectivity index (χ0v) is 13.4. The Morgan fingerprint density at radius 3 is 2.29 bits per heavy atom. The molecule has 0 fully saturated rings. The van der Waals surface area contributed by atoms with Gasteiger partial charge in [0, 0.05) is 6.04 Å². The van der Waals surface area contributed by atoms with E-state index in [1.165, 1.54) is 11.1 Å². The first-order valence-electron chi connectivity index (χ1n) is 6.98. The minimum atomic E-state index is -3.35. The van der Waals surface area contributed by atoms with E-state index in [1.54, 1.807) is 0 Å². The highest BCUT2D eigenvalue weighted by atomic mass is 32.2. The molecule has 0 spiro atoms. The third-order valence-electron chi connectivity index (χ3n) is 3.59. The first-order valence-corrected chi connectivity index (χ1v) is 8.64. The fourth-order valence-corrected chi connectivity index (χ4v) is 3.60. The van der Waals surface area contributed by atoms with Gasteiger partial charge in [0.1, 0.15) is 0 Å². The van der Waals surface area contributed by atoms with E-state index in [2.05, 4.69) is 4.72 Å². The van der Waals surface area contributed by atoms with E-state index >= 15 is 0 Å². The molecule has 0 heterocycles. The van der Waals surface area contributed by atoms with Crippen molar-refractivity contribution in [3.8, 4) is 0 Å². The summed E-state index contributed by atoms with van der Waals surface area (Å²) in [5, 5.41) is 0. The molecule has 0 aromatic heterocycles. The van der Waals surface area contributed by atoms with Gasteiger partial charge in [-0.3, -0.25) is 0 Å². The zero-order valence-electron chi connectivity index (χ0n) is 12.6. The van der Waals surface area contributed by atoms with E-state index in [0.717, 1.165) is 11.1 Å². The molecule has 2 aromatic rings. The summed E-state index contributed by atoms with van der Waals surface area (Å²) in [7, 11) is -3.35. The van der Waals surface area contributed by atoms with E-state index in [4.69, 9.17) is 0 Å². The summed E-state index contributed by atoms with van der Waals surface area (Å²) in [6.45, 7) is 5.94. The molecule has 1 N–H and O–H groups in total. The second-order valence-electron chi connectivity index (χ2n) is 5.43. The monoisotopic (exact) mass is 303 g/mol. The van der Waals surface area contributed by atoms with Gasteiger partial charge in [0.15, 0.2) is 0 Å². The molecule has 0 aliphatic heterocycles. The van der Waals surface area contributed by atoms with Gasteiger partial charge in [-0.05, 0) is 43.0 Å². The zero-order chi connectivity index (χ0) is 15.5. The highest BCUT2D eigenvalue weighted by Crippen LogP contribution is 2.18. The molecule has 21 heavy (non-hydrogen) atoms. The summed E-state index contributed by atoms with van der Waals surface area (Å²) in [6, 6.07) is 15.0. The Morgan fingerprint density at radius 1 is 1.00 bits per heavy atom. The number of nitrogens with one attached hydrogen (secondary N) is 1. The lowest BCUT2D eigenvalue weighted by molar-refractivity contribution is 0.566. The molecule has 0 aliphatic rings. The summed E-state index contributed by atoms with van der Waals surface area (Å²) in [6.07, 6.45) is 0. The molecular weight excluding hydrogens is 282 g/mol. The Balaban J connectivity index is 2.10. The highest BCUT2D eigenvalue weighted by molar-refractivity contribution is 7.88. The molecule has 1 unspecified atom stereocenters. The van der Waals surface area contributed by atoms with Gasteiger partial charge < -0.3 is 0 Å². The maximum absolute atomic E-state index is 12.2. The van der Waals surface area contributed by atoms with Crippen LogP contribution < -0.4 is 4.72 Å². The van der Waals surface area contributed by atoms with Gasteiger partial charge in [0.05, 0.1) is 5.75 Å². The van der Waals surface area contributed by atoms with Crippen LogP contribution >= 0.6 is 0 Å². The number of hydrogen-bond donors (Lipinski definition) is 1. The van der Waals surface area contributed by atoms with Gasteiger partial charge in [0.2, 0.25) is 10.0 Å². The van der Waals surface area contributed by atoms with Crippen molar-refractivity contribution in [2.75, 3.05) is 0 Å². The molecule has 0 saturated heterocycles. The molecule has 0 aliphatic carbocycles. The second kappa shape index (κ2) is 6.41. The minimum Gasteiger partial charge on any atom is -0.212 e. The highest BCUT2D eigenvalue weighted by Gasteiger charge is 2.16. The Labute approximate surface area is 127 Å². The molecule has 2 rings (SSSR count). The van der Waals surface area contributed by atoms with Crippen LogP contribution in [0.4, 0.5) is 0 Å². The lowest BCUT2D eigenvalue weighted by atomic mass is 10.0. The molecule has 2 aromatic carbocycles. The van der Waals surface area contributed by atoms with Crippen molar-refractivity contribution in [2.45, 2.75) is 32.6 Å². The van der Waals surface area contributed by atoms with E-state index in [9.17, 15) is 8.42 Å². The maximum atomic E-state index is 12.2. The fraction of sp³-hybridized carbons (Fsp3) is 0.294. The predicted octanol–water partition coefficient (Wildman–Crippen LogP) is 3.48. The SMILES string of the molecule is Cc1ccc(C(C)NS(=O)(=O)Cc2ccccc2)cc1C. The number of aryl methyl sites for hydroxylation is 2. The standard InChI is InChI=1S/C17H21NO2S/c1-13-9-10-17(11-14(13)2)15(3)18-21(19,20)12-16-7-5-4-6-8-16/h4-11,15,18H,12H2,1-3H3. The van der Waals surface area contributed by atoms with Crippen LogP contribution in [-0.2, 0) is 15.8 Å². The summed E-state index contributed by atoms with van der Waals surface area (Å²) >= 11 is 0. The van der Waals surface area contributed by atoms with Gasteiger partial charge in [-0.2, -0.15) is 0 Å². The Kier molecular flexibility index (Phi) is 4.80. The van der Waals surface area contributed by atoms with E-state index in [-0.39, 0.29) is 11.8 Å². The third-order valence-corrected chi connectivity index (χ3v) is 5.01. The van der Waals surface area contributed by atoms with Crippen LogP contribution in [0, 0.1) is 13.8 Å². The smallest absolute Gasteiger partial charge is 0.212 e. The van der Waals surface area contributed by atoms with E-state index in [0.29, 0.717) is 0 Å². The molecule has 0 amide bonds. The van der Waals surface area contributed by atoms with Gasteiger partial charge in [-0.25, -0.2) is 13.1 Å². The lowest BCUT2D eigenvalue weighted by Crippen LogP contribution is -2.28. The molecule has 112 valence electrons. The molecule has 3 nitrogen and oxygen atoms in total. The number of sulfonamides is 1. The van der Waals surface area contributed by atoms with E-state index in [1.807, 2.05) is 69.3 Å². The van der Waals surface area contributed by atoms with Crippen molar-refractivity contribution < 1.29 is 8.42 Å². The predicted molar refractivity (Wildman–Crippen MR) is 86.5 cm³/mol. The number of benzene rings is 2. The summed E-state index contributed by atoms with van der Waals surface area (Å²) in [5.41, 5.74) is 4.15. The number of hydrogen-bond acceptors (Lipinski definition) is 2.